The van der Waals surface area contributed by atoms with Gasteiger partial charge in [-0.2, -0.15) is 0 Å². The first-order chi connectivity index (χ1) is 7.72. The number of hydrogen-bond acceptors (Lipinski definition) is 2. The SMILES string of the molecule is CCc1sc(Br)cc1C(O)C1CCCCC1. The third-order valence-corrected chi connectivity index (χ3v) is 5.35. The van der Waals surface area contributed by atoms with E-state index in [1.165, 1.54) is 42.5 Å². The van der Waals surface area contributed by atoms with Gasteiger partial charge in [0.1, 0.15) is 0 Å². The normalized spacial score (nSPS) is 19.9. The highest BCUT2D eigenvalue weighted by Crippen LogP contribution is 2.39. The van der Waals surface area contributed by atoms with Crippen LogP contribution in [0.4, 0.5) is 0 Å². The number of hydrogen-bond donors (Lipinski definition) is 1. The molecule has 0 aromatic carbocycles. The van der Waals surface area contributed by atoms with Crippen molar-refractivity contribution in [1.29, 1.82) is 0 Å². The summed E-state index contributed by atoms with van der Waals surface area (Å²) in [5.41, 5.74) is 1.17. The molecule has 16 heavy (non-hydrogen) atoms. The molecule has 1 saturated carbocycles. The van der Waals surface area contributed by atoms with E-state index in [9.17, 15) is 5.11 Å². The fourth-order valence-electron chi connectivity index (χ4n) is 2.64. The molecule has 1 atom stereocenters. The summed E-state index contributed by atoms with van der Waals surface area (Å²) in [4.78, 5) is 1.34. The fraction of sp³-hybridized carbons (Fsp3) is 0.692. The molecule has 1 nitrogen and oxygen atoms in total. The quantitative estimate of drug-likeness (QED) is 0.859. The van der Waals surface area contributed by atoms with Crippen LogP contribution < -0.4 is 0 Å². The third-order valence-electron chi connectivity index (χ3n) is 3.55. The lowest BCUT2D eigenvalue weighted by molar-refractivity contribution is 0.0845. The van der Waals surface area contributed by atoms with E-state index in [0.29, 0.717) is 5.92 Å². The lowest BCUT2D eigenvalue weighted by Gasteiger charge is -2.26. The molecule has 1 aromatic rings. The molecule has 0 aliphatic heterocycles. The monoisotopic (exact) mass is 302 g/mol. The van der Waals surface area contributed by atoms with Crippen molar-refractivity contribution in [1.82, 2.24) is 0 Å². The lowest BCUT2D eigenvalue weighted by atomic mass is 9.83. The lowest BCUT2D eigenvalue weighted by Crippen LogP contribution is -2.16. The molecule has 0 bridgehead atoms. The van der Waals surface area contributed by atoms with Crippen molar-refractivity contribution in [2.24, 2.45) is 5.92 Å². The molecule has 0 spiro atoms. The molecule has 0 saturated heterocycles. The van der Waals surface area contributed by atoms with Crippen molar-refractivity contribution in [2.45, 2.75) is 51.6 Å². The van der Waals surface area contributed by atoms with Crippen LogP contribution in [0.2, 0.25) is 0 Å². The van der Waals surface area contributed by atoms with Gasteiger partial charge >= 0.3 is 0 Å². The van der Waals surface area contributed by atoms with Crippen molar-refractivity contribution >= 4 is 27.3 Å². The molecule has 1 fully saturated rings. The topological polar surface area (TPSA) is 20.2 Å². The average Bonchev–Trinajstić information content (AvgIpc) is 2.70. The molecule has 0 radical (unpaired) electrons. The van der Waals surface area contributed by atoms with Gasteiger partial charge in [-0.05, 0) is 52.7 Å². The Balaban J connectivity index is 2.14. The van der Waals surface area contributed by atoms with E-state index in [1.807, 2.05) is 0 Å². The molecule has 1 aliphatic carbocycles. The van der Waals surface area contributed by atoms with E-state index in [1.54, 1.807) is 11.3 Å². The summed E-state index contributed by atoms with van der Waals surface area (Å²) in [7, 11) is 0. The van der Waals surface area contributed by atoms with Crippen LogP contribution in [0.25, 0.3) is 0 Å². The van der Waals surface area contributed by atoms with Crippen molar-refractivity contribution in [2.75, 3.05) is 0 Å². The second-order valence-corrected chi connectivity index (χ2v) is 7.14. The van der Waals surface area contributed by atoms with E-state index in [4.69, 9.17) is 0 Å². The number of rotatable bonds is 3. The number of aryl methyl sites for hydroxylation is 1. The van der Waals surface area contributed by atoms with Crippen molar-refractivity contribution in [3.63, 3.8) is 0 Å². The predicted octanol–water partition coefficient (Wildman–Crippen LogP) is 4.69. The maximum atomic E-state index is 10.5. The Morgan fingerprint density at radius 3 is 2.75 bits per heavy atom. The van der Waals surface area contributed by atoms with E-state index < -0.39 is 0 Å². The van der Waals surface area contributed by atoms with Gasteiger partial charge < -0.3 is 5.11 Å². The standard InChI is InChI=1S/C13H19BrOS/c1-2-11-10(8-12(14)16-11)13(15)9-6-4-3-5-7-9/h8-9,13,15H,2-7H2,1H3. The third kappa shape index (κ3) is 2.69. The Bertz CT molecular complexity index is 342. The first-order valence-corrected chi connectivity index (χ1v) is 7.79. The van der Waals surface area contributed by atoms with Gasteiger partial charge in [0, 0.05) is 4.88 Å². The molecule has 2 rings (SSSR count). The molecule has 90 valence electrons. The molecule has 1 heterocycles. The number of aliphatic hydroxyl groups excluding tert-OH is 1. The first-order valence-electron chi connectivity index (χ1n) is 6.18. The van der Waals surface area contributed by atoms with Gasteiger partial charge in [0.15, 0.2) is 0 Å². The summed E-state index contributed by atoms with van der Waals surface area (Å²) >= 11 is 5.29. The van der Waals surface area contributed by atoms with Crippen LogP contribution in [0, 0.1) is 5.92 Å². The summed E-state index contributed by atoms with van der Waals surface area (Å²) < 4.78 is 1.15. The number of thiophene rings is 1. The van der Waals surface area contributed by atoms with Gasteiger partial charge in [0.05, 0.1) is 9.89 Å². The minimum Gasteiger partial charge on any atom is -0.388 e. The molecule has 3 heteroatoms. The zero-order chi connectivity index (χ0) is 11.5. The minimum absolute atomic E-state index is 0.238. The highest BCUT2D eigenvalue weighted by Gasteiger charge is 2.25. The molecule has 1 aromatic heterocycles. The number of halogens is 1. The molecule has 1 unspecified atom stereocenters. The van der Waals surface area contributed by atoms with Gasteiger partial charge in [-0.25, -0.2) is 0 Å². The van der Waals surface area contributed by atoms with Gasteiger partial charge in [0.25, 0.3) is 0 Å². The molecule has 0 amide bonds. The van der Waals surface area contributed by atoms with Crippen molar-refractivity contribution in [3.8, 4) is 0 Å². The van der Waals surface area contributed by atoms with E-state index in [-0.39, 0.29) is 6.10 Å². The highest BCUT2D eigenvalue weighted by atomic mass is 79.9. The average molecular weight is 303 g/mol. The zero-order valence-corrected chi connectivity index (χ0v) is 12.1. The van der Waals surface area contributed by atoms with Crippen LogP contribution >= 0.6 is 27.3 Å². The highest BCUT2D eigenvalue weighted by molar-refractivity contribution is 9.11. The van der Waals surface area contributed by atoms with Crippen LogP contribution in [0.3, 0.4) is 0 Å². The smallest absolute Gasteiger partial charge is 0.0829 e. The fourth-order valence-corrected chi connectivity index (χ4v) is 4.34. The van der Waals surface area contributed by atoms with Crippen LogP contribution in [-0.4, -0.2) is 5.11 Å². The Hall–Kier alpha value is 0.140. The van der Waals surface area contributed by atoms with Gasteiger partial charge in [-0.1, -0.05) is 26.2 Å². The van der Waals surface area contributed by atoms with Crippen LogP contribution in [-0.2, 0) is 6.42 Å². The number of aliphatic hydroxyl groups is 1. The molecule has 1 N–H and O–H groups in total. The molecule has 1 aliphatic rings. The maximum absolute atomic E-state index is 10.5. The zero-order valence-electron chi connectivity index (χ0n) is 9.71. The Kier molecular flexibility index (Phi) is 4.45. The van der Waals surface area contributed by atoms with E-state index in [2.05, 4.69) is 28.9 Å². The second kappa shape index (κ2) is 5.65. The van der Waals surface area contributed by atoms with E-state index in [0.717, 1.165) is 10.2 Å². The largest absolute Gasteiger partial charge is 0.388 e. The summed E-state index contributed by atoms with van der Waals surface area (Å²) in [5.74, 6) is 0.487. The van der Waals surface area contributed by atoms with Crippen LogP contribution in [0.1, 0.15) is 55.6 Å². The second-order valence-electron chi connectivity index (χ2n) is 4.63. The van der Waals surface area contributed by atoms with Gasteiger partial charge in [-0.15, -0.1) is 11.3 Å². The van der Waals surface area contributed by atoms with E-state index >= 15 is 0 Å². The summed E-state index contributed by atoms with van der Waals surface area (Å²) in [6, 6.07) is 2.11. The maximum Gasteiger partial charge on any atom is 0.0829 e. The Labute approximate surface area is 110 Å². The first kappa shape index (κ1) is 12.6. The van der Waals surface area contributed by atoms with Crippen molar-refractivity contribution < 1.29 is 5.11 Å². The van der Waals surface area contributed by atoms with Gasteiger partial charge in [-0.3, -0.25) is 0 Å². The Morgan fingerprint density at radius 2 is 2.12 bits per heavy atom. The Morgan fingerprint density at radius 1 is 1.44 bits per heavy atom. The van der Waals surface area contributed by atoms with Crippen molar-refractivity contribution in [3.05, 3.63) is 20.3 Å². The van der Waals surface area contributed by atoms with Crippen LogP contribution in [0.5, 0.6) is 0 Å². The molecular weight excluding hydrogens is 284 g/mol. The predicted molar refractivity (Wildman–Crippen MR) is 72.9 cm³/mol. The summed E-state index contributed by atoms with van der Waals surface area (Å²) in [5, 5.41) is 10.5. The summed E-state index contributed by atoms with van der Waals surface area (Å²) in [6.45, 7) is 2.16. The van der Waals surface area contributed by atoms with Gasteiger partial charge in [0.2, 0.25) is 0 Å². The molecular formula is C13H19BrOS. The summed E-state index contributed by atoms with van der Waals surface area (Å²) in [6.07, 6.45) is 7.09. The minimum atomic E-state index is -0.238. The van der Waals surface area contributed by atoms with Crippen LogP contribution in [0.15, 0.2) is 9.85 Å².